The van der Waals surface area contributed by atoms with Gasteiger partial charge in [-0.25, -0.2) is 0 Å². The third-order valence-corrected chi connectivity index (χ3v) is 7.70. The average molecular weight is 478 g/mol. The smallest absolute Gasteiger partial charge is 0.246 e. The number of nitrogens with zero attached hydrogens (tertiary/aromatic N) is 3. The molecule has 190 valence electrons. The van der Waals surface area contributed by atoms with Crippen LogP contribution in [0.2, 0.25) is 0 Å². The van der Waals surface area contributed by atoms with E-state index < -0.39 is 18.1 Å². The Labute approximate surface area is 201 Å². The number of carbonyl (C=O) groups excluding carboxylic acids is 4. The standard InChI is InChI=1S/C24H39N5O5/c1-14-8-18-13-34-15(2)9-21(30)29-12-17(25)10-20(29)24(33)27-7-5-4-6-19(27)22(31)26-16(3)23(32)28(18)11-14/h14-20H,4-13,25H2,1-3H3,(H,26,31). The first-order valence-electron chi connectivity index (χ1n) is 12.7. The summed E-state index contributed by atoms with van der Waals surface area (Å²) < 4.78 is 6.01. The van der Waals surface area contributed by atoms with Crippen LogP contribution in [-0.4, -0.2) is 101 Å². The molecule has 0 radical (unpaired) electrons. The quantitative estimate of drug-likeness (QED) is 0.500. The Bertz CT molecular complexity index is 822. The minimum absolute atomic E-state index is 0.0898. The summed E-state index contributed by atoms with van der Waals surface area (Å²) in [6, 6.07) is -2.37. The zero-order valence-corrected chi connectivity index (χ0v) is 20.6. The van der Waals surface area contributed by atoms with Crippen LogP contribution in [0.3, 0.4) is 0 Å². The topological polar surface area (TPSA) is 125 Å². The van der Waals surface area contributed by atoms with Gasteiger partial charge in [-0.05, 0) is 51.9 Å². The molecule has 0 spiro atoms. The van der Waals surface area contributed by atoms with E-state index in [9.17, 15) is 19.2 Å². The van der Waals surface area contributed by atoms with Crippen molar-refractivity contribution in [3.63, 3.8) is 0 Å². The highest BCUT2D eigenvalue weighted by atomic mass is 16.5. The maximum Gasteiger partial charge on any atom is 0.246 e. The lowest BCUT2D eigenvalue weighted by atomic mass is 9.99. The Balaban J connectivity index is 1.62. The molecule has 4 amide bonds. The third-order valence-electron chi connectivity index (χ3n) is 7.70. The monoisotopic (exact) mass is 477 g/mol. The summed E-state index contributed by atoms with van der Waals surface area (Å²) in [5.74, 6) is -0.504. The SMILES string of the molecule is CC1CC2COC(C)CC(=O)N3CC(N)CC3C(=O)N3CCCCC3C(=O)NC(C)C(=O)N2C1. The third kappa shape index (κ3) is 5.07. The zero-order chi connectivity index (χ0) is 24.6. The maximum atomic E-state index is 13.6. The molecule has 0 saturated carbocycles. The lowest BCUT2D eigenvalue weighted by molar-refractivity contribution is -0.151. The second kappa shape index (κ2) is 10.2. The average Bonchev–Trinajstić information content (AvgIpc) is 3.38. The number of hydrogen-bond donors (Lipinski definition) is 2. The molecule has 34 heavy (non-hydrogen) atoms. The predicted molar refractivity (Wildman–Crippen MR) is 124 cm³/mol. The minimum Gasteiger partial charge on any atom is -0.376 e. The molecule has 0 bridgehead atoms. The van der Waals surface area contributed by atoms with Crippen LogP contribution in [0.1, 0.15) is 59.3 Å². The lowest BCUT2D eigenvalue weighted by Crippen LogP contribution is -2.59. The van der Waals surface area contributed by atoms with Gasteiger partial charge in [-0.3, -0.25) is 19.2 Å². The number of piperidine rings is 1. The summed E-state index contributed by atoms with van der Waals surface area (Å²) in [4.78, 5) is 58.3. The summed E-state index contributed by atoms with van der Waals surface area (Å²) in [5.41, 5.74) is 6.17. The molecule has 4 fully saturated rings. The Morgan fingerprint density at radius 3 is 2.44 bits per heavy atom. The lowest BCUT2D eigenvalue weighted by Gasteiger charge is -2.39. The summed E-state index contributed by atoms with van der Waals surface area (Å²) in [6.07, 6.45) is 3.18. The molecule has 7 atom stereocenters. The van der Waals surface area contributed by atoms with Crippen LogP contribution < -0.4 is 11.1 Å². The molecule has 7 unspecified atom stereocenters. The van der Waals surface area contributed by atoms with Crippen LogP contribution in [0.5, 0.6) is 0 Å². The van der Waals surface area contributed by atoms with E-state index in [2.05, 4.69) is 12.2 Å². The Kier molecular flexibility index (Phi) is 7.47. The van der Waals surface area contributed by atoms with Gasteiger partial charge in [-0.15, -0.1) is 0 Å². The van der Waals surface area contributed by atoms with Gasteiger partial charge in [0.05, 0.1) is 25.2 Å². The van der Waals surface area contributed by atoms with Crippen molar-refractivity contribution in [3.8, 4) is 0 Å². The van der Waals surface area contributed by atoms with Crippen molar-refractivity contribution in [2.24, 2.45) is 11.7 Å². The second-order valence-electron chi connectivity index (χ2n) is 10.7. The summed E-state index contributed by atoms with van der Waals surface area (Å²) in [6.45, 7) is 7.39. The first-order valence-corrected chi connectivity index (χ1v) is 12.7. The Morgan fingerprint density at radius 2 is 1.68 bits per heavy atom. The molecule has 0 aromatic heterocycles. The Hall–Kier alpha value is -2.20. The highest BCUT2D eigenvalue weighted by molar-refractivity contribution is 5.94. The highest BCUT2D eigenvalue weighted by Gasteiger charge is 2.44. The van der Waals surface area contributed by atoms with Crippen molar-refractivity contribution in [3.05, 3.63) is 0 Å². The fourth-order valence-corrected chi connectivity index (χ4v) is 5.93. The summed E-state index contributed by atoms with van der Waals surface area (Å²) in [7, 11) is 0. The molecule has 4 rings (SSSR count). The van der Waals surface area contributed by atoms with E-state index in [4.69, 9.17) is 10.5 Å². The van der Waals surface area contributed by atoms with E-state index >= 15 is 0 Å². The van der Waals surface area contributed by atoms with Crippen molar-refractivity contribution in [1.29, 1.82) is 0 Å². The van der Waals surface area contributed by atoms with Crippen molar-refractivity contribution in [2.45, 2.75) is 95.6 Å². The number of amides is 4. The highest BCUT2D eigenvalue weighted by Crippen LogP contribution is 2.27. The van der Waals surface area contributed by atoms with Crippen molar-refractivity contribution >= 4 is 23.6 Å². The number of fused-ring (bicyclic) bond motifs is 3. The number of hydrogen-bond acceptors (Lipinski definition) is 6. The van der Waals surface area contributed by atoms with Crippen molar-refractivity contribution in [2.75, 3.05) is 26.2 Å². The van der Waals surface area contributed by atoms with E-state index in [-0.39, 0.29) is 48.2 Å². The fraction of sp³-hybridized carbons (Fsp3) is 0.833. The molecule has 10 nitrogen and oxygen atoms in total. The molecule has 4 saturated heterocycles. The van der Waals surface area contributed by atoms with Gasteiger partial charge in [0.15, 0.2) is 0 Å². The van der Waals surface area contributed by atoms with Gasteiger partial charge >= 0.3 is 0 Å². The minimum atomic E-state index is -0.692. The normalized spacial score (nSPS) is 38.5. The van der Waals surface area contributed by atoms with E-state index in [0.29, 0.717) is 45.0 Å². The summed E-state index contributed by atoms with van der Waals surface area (Å²) >= 11 is 0. The number of nitrogens with two attached hydrogens (primary N) is 1. The number of carbonyl (C=O) groups is 4. The van der Waals surface area contributed by atoms with Crippen LogP contribution in [0.15, 0.2) is 0 Å². The van der Waals surface area contributed by atoms with Crippen LogP contribution in [0, 0.1) is 5.92 Å². The van der Waals surface area contributed by atoms with Crippen LogP contribution in [-0.2, 0) is 23.9 Å². The van der Waals surface area contributed by atoms with E-state index in [1.54, 1.807) is 21.6 Å². The fourth-order valence-electron chi connectivity index (χ4n) is 5.93. The van der Waals surface area contributed by atoms with Crippen LogP contribution in [0.4, 0.5) is 0 Å². The Morgan fingerprint density at radius 1 is 0.912 bits per heavy atom. The first kappa shape index (κ1) is 24.9. The zero-order valence-electron chi connectivity index (χ0n) is 20.6. The molecule has 0 aromatic carbocycles. The summed E-state index contributed by atoms with van der Waals surface area (Å²) in [5, 5.41) is 2.87. The maximum absolute atomic E-state index is 13.6. The van der Waals surface area contributed by atoms with Gasteiger partial charge in [-0.2, -0.15) is 0 Å². The van der Waals surface area contributed by atoms with E-state index in [0.717, 1.165) is 19.3 Å². The van der Waals surface area contributed by atoms with Crippen LogP contribution in [0.25, 0.3) is 0 Å². The van der Waals surface area contributed by atoms with E-state index in [1.807, 2.05) is 6.92 Å². The van der Waals surface area contributed by atoms with Crippen molar-refractivity contribution < 1.29 is 23.9 Å². The molecule has 4 aliphatic rings. The van der Waals surface area contributed by atoms with Gasteiger partial charge in [0, 0.05) is 25.7 Å². The molecule has 0 aromatic rings. The van der Waals surface area contributed by atoms with Gasteiger partial charge in [0.25, 0.3) is 0 Å². The van der Waals surface area contributed by atoms with E-state index in [1.165, 1.54) is 0 Å². The van der Waals surface area contributed by atoms with Crippen LogP contribution >= 0.6 is 0 Å². The molecule has 4 heterocycles. The molecule has 10 heteroatoms. The number of ether oxygens (including phenoxy) is 1. The van der Waals surface area contributed by atoms with Gasteiger partial charge in [0.1, 0.15) is 18.1 Å². The molecule has 0 aliphatic carbocycles. The molecular formula is C24H39N5O5. The second-order valence-corrected chi connectivity index (χ2v) is 10.7. The first-order chi connectivity index (χ1) is 16.2. The van der Waals surface area contributed by atoms with Gasteiger partial charge in [0.2, 0.25) is 23.6 Å². The van der Waals surface area contributed by atoms with Gasteiger partial charge < -0.3 is 30.5 Å². The largest absolute Gasteiger partial charge is 0.376 e. The number of rotatable bonds is 0. The molecule has 3 N–H and O–H groups in total. The molecule has 4 aliphatic heterocycles. The number of nitrogens with one attached hydrogen (secondary N) is 1. The van der Waals surface area contributed by atoms with Crippen molar-refractivity contribution in [1.82, 2.24) is 20.0 Å². The van der Waals surface area contributed by atoms with Gasteiger partial charge in [-0.1, -0.05) is 6.92 Å². The predicted octanol–water partition coefficient (Wildman–Crippen LogP) is -0.154. The molecular weight excluding hydrogens is 438 g/mol.